The quantitative estimate of drug-likeness (QED) is 0.345. The molecular weight excluding hydrogens is 380 g/mol. The number of aromatic hydroxyl groups is 2. The molecule has 5 heteroatoms. The number of hydrogen-bond donors (Lipinski definition) is 2. The van der Waals surface area contributed by atoms with Crippen molar-refractivity contribution < 1.29 is 23.8 Å². The second kappa shape index (κ2) is 5.87. The molecule has 30 heavy (non-hydrogen) atoms. The van der Waals surface area contributed by atoms with Crippen molar-refractivity contribution in [2.45, 2.75) is 0 Å². The Kier molecular flexibility index (Phi) is 3.27. The minimum Gasteiger partial charge on any atom is -0.507 e. The van der Waals surface area contributed by atoms with Gasteiger partial charge in [0.25, 0.3) is 0 Å². The molecule has 0 spiro atoms. The normalized spacial score (nSPS) is 11.7. The Balaban J connectivity index is 1.60. The summed E-state index contributed by atoms with van der Waals surface area (Å²) >= 11 is 0. The molecule has 6 aromatic rings. The molecule has 0 radical (unpaired) electrons. The molecule has 0 atom stereocenters. The summed E-state index contributed by atoms with van der Waals surface area (Å²) in [7, 11) is 0. The van der Waals surface area contributed by atoms with E-state index in [9.17, 15) is 15.0 Å². The molecule has 0 amide bonds. The van der Waals surface area contributed by atoms with Crippen LogP contribution in [0, 0.1) is 0 Å². The van der Waals surface area contributed by atoms with E-state index in [-0.39, 0.29) is 17.3 Å². The predicted octanol–water partition coefficient (Wildman–Crippen LogP) is 6.13. The van der Waals surface area contributed by atoms with Gasteiger partial charge in [-0.05, 0) is 12.1 Å². The van der Waals surface area contributed by atoms with Gasteiger partial charge in [-0.3, -0.25) is 4.79 Å². The number of ketones is 1. The Hall–Kier alpha value is -4.25. The number of benzene rings is 4. The Morgan fingerprint density at radius 1 is 0.600 bits per heavy atom. The highest BCUT2D eigenvalue weighted by molar-refractivity contribution is 6.25. The van der Waals surface area contributed by atoms with E-state index >= 15 is 0 Å². The SMILES string of the molecule is O=C(c1coc2c1cc(O)c1ccccc12)c1coc2c1cc(O)c1ccccc12. The van der Waals surface area contributed by atoms with Crippen LogP contribution in [0.3, 0.4) is 0 Å². The van der Waals surface area contributed by atoms with E-state index in [2.05, 4.69) is 0 Å². The van der Waals surface area contributed by atoms with Gasteiger partial charge in [0.05, 0.1) is 11.1 Å². The molecule has 6 rings (SSSR count). The lowest BCUT2D eigenvalue weighted by molar-refractivity contribution is 0.104. The van der Waals surface area contributed by atoms with E-state index in [1.165, 1.54) is 12.5 Å². The van der Waals surface area contributed by atoms with Gasteiger partial charge in [0, 0.05) is 32.3 Å². The van der Waals surface area contributed by atoms with E-state index in [0.29, 0.717) is 43.8 Å². The van der Waals surface area contributed by atoms with Gasteiger partial charge < -0.3 is 19.0 Å². The maximum absolute atomic E-state index is 13.4. The Bertz CT molecular complexity index is 1510. The molecule has 2 heterocycles. The van der Waals surface area contributed by atoms with E-state index in [0.717, 1.165) is 10.8 Å². The smallest absolute Gasteiger partial charge is 0.200 e. The van der Waals surface area contributed by atoms with E-state index in [1.54, 1.807) is 24.3 Å². The van der Waals surface area contributed by atoms with Crippen LogP contribution < -0.4 is 0 Å². The van der Waals surface area contributed by atoms with Crippen molar-refractivity contribution in [2.24, 2.45) is 0 Å². The fourth-order valence-corrected chi connectivity index (χ4v) is 4.17. The molecule has 0 saturated carbocycles. The molecule has 0 unspecified atom stereocenters. The predicted molar refractivity (Wildman–Crippen MR) is 114 cm³/mol. The van der Waals surface area contributed by atoms with Crippen LogP contribution in [0.25, 0.3) is 43.5 Å². The summed E-state index contributed by atoms with van der Waals surface area (Å²) < 4.78 is 11.5. The van der Waals surface area contributed by atoms with E-state index < -0.39 is 0 Å². The maximum Gasteiger partial charge on any atom is 0.200 e. The summed E-state index contributed by atoms with van der Waals surface area (Å²) in [5.74, 6) is -0.152. The number of fused-ring (bicyclic) bond motifs is 6. The first kappa shape index (κ1) is 16.7. The standard InChI is InChI=1S/C25H14O5/c26-21-9-17-19(11-29-24(17)15-7-3-1-5-13(15)21)23(28)20-12-30-25-16-8-4-2-6-14(16)22(27)10-18(20)25/h1-12,26-27H. The first-order valence-electron chi connectivity index (χ1n) is 9.42. The second-order valence-electron chi connectivity index (χ2n) is 7.26. The molecule has 2 N–H and O–H groups in total. The fourth-order valence-electron chi connectivity index (χ4n) is 4.17. The minimum absolute atomic E-state index is 0.0780. The molecule has 2 aromatic heterocycles. The highest BCUT2D eigenvalue weighted by atomic mass is 16.3. The summed E-state index contributed by atoms with van der Waals surface area (Å²) in [6, 6.07) is 17.7. The molecule has 4 aromatic carbocycles. The number of carbonyl (C=O) groups is 1. The third-order valence-corrected chi connectivity index (χ3v) is 5.61. The average molecular weight is 394 g/mol. The van der Waals surface area contributed by atoms with Crippen LogP contribution in [0.15, 0.2) is 82.0 Å². The van der Waals surface area contributed by atoms with Crippen LogP contribution in [0.4, 0.5) is 0 Å². The third kappa shape index (κ3) is 2.14. The number of phenolic OH excluding ortho intramolecular Hbond substituents is 2. The van der Waals surface area contributed by atoms with Gasteiger partial charge in [0.15, 0.2) is 0 Å². The van der Waals surface area contributed by atoms with Crippen molar-refractivity contribution in [3.05, 3.63) is 84.3 Å². The summed E-state index contributed by atoms with van der Waals surface area (Å²) in [4.78, 5) is 13.4. The molecule has 5 nitrogen and oxygen atoms in total. The Morgan fingerprint density at radius 3 is 1.43 bits per heavy atom. The van der Waals surface area contributed by atoms with Gasteiger partial charge in [-0.1, -0.05) is 48.5 Å². The Labute approximate surface area is 169 Å². The molecule has 144 valence electrons. The number of hydrogen-bond acceptors (Lipinski definition) is 5. The van der Waals surface area contributed by atoms with Crippen molar-refractivity contribution >= 4 is 49.3 Å². The highest BCUT2D eigenvalue weighted by Gasteiger charge is 2.23. The number of furan rings is 2. The van der Waals surface area contributed by atoms with Gasteiger partial charge in [0.1, 0.15) is 35.2 Å². The fraction of sp³-hybridized carbons (Fsp3) is 0. The number of rotatable bonds is 2. The number of carbonyl (C=O) groups excluding carboxylic acids is 1. The maximum atomic E-state index is 13.4. The third-order valence-electron chi connectivity index (χ3n) is 5.61. The van der Waals surface area contributed by atoms with Gasteiger partial charge >= 0.3 is 0 Å². The van der Waals surface area contributed by atoms with Crippen LogP contribution >= 0.6 is 0 Å². The zero-order valence-corrected chi connectivity index (χ0v) is 15.5. The first-order valence-corrected chi connectivity index (χ1v) is 9.42. The lowest BCUT2D eigenvalue weighted by Gasteiger charge is -2.04. The molecule has 0 saturated heterocycles. The lowest BCUT2D eigenvalue weighted by atomic mass is 9.98. The van der Waals surface area contributed by atoms with Crippen molar-refractivity contribution in [3.8, 4) is 11.5 Å². The zero-order chi connectivity index (χ0) is 20.4. The van der Waals surface area contributed by atoms with Gasteiger partial charge in [-0.15, -0.1) is 0 Å². The average Bonchev–Trinajstić information content (AvgIpc) is 3.38. The molecule has 0 fully saturated rings. The zero-order valence-electron chi connectivity index (χ0n) is 15.5. The van der Waals surface area contributed by atoms with Crippen LogP contribution in [0.5, 0.6) is 11.5 Å². The lowest BCUT2D eigenvalue weighted by Crippen LogP contribution is -1.99. The molecule has 0 aliphatic carbocycles. The van der Waals surface area contributed by atoms with Crippen LogP contribution in [-0.4, -0.2) is 16.0 Å². The Morgan fingerprint density at radius 2 is 1.00 bits per heavy atom. The molecular formula is C25H14O5. The molecule has 0 aliphatic rings. The number of phenols is 2. The van der Waals surface area contributed by atoms with E-state index in [1.807, 2.05) is 36.4 Å². The summed E-state index contributed by atoms with van der Waals surface area (Å²) in [5, 5.41) is 24.7. The van der Waals surface area contributed by atoms with Gasteiger partial charge in [-0.25, -0.2) is 0 Å². The summed E-state index contributed by atoms with van der Waals surface area (Å²) in [6.07, 6.45) is 2.80. The van der Waals surface area contributed by atoms with Crippen LogP contribution in [0.1, 0.15) is 15.9 Å². The van der Waals surface area contributed by atoms with Crippen LogP contribution in [-0.2, 0) is 0 Å². The van der Waals surface area contributed by atoms with Crippen molar-refractivity contribution in [3.63, 3.8) is 0 Å². The summed E-state index contributed by atoms with van der Waals surface area (Å²) in [6.45, 7) is 0. The highest BCUT2D eigenvalue weighted by Crippen LogP contribution is 2.39. The first-order chi connectivity index (χ1) is 14.6. The topological polar surface area (TPSA) is 83.8 Å². The van der Waals surface area contributed by atoms with Crippen LogP contribution in [0.2, 0.25) is 0 Å². The molecule has 0 aliphatic heterocycles. The van der Waals surface area contributed by atoms with Crippen molar-refractivity contribution in [1.82, 2.24) is 0 Å². The second-order valence-corrected chi connectivity index (χ2v) is 7.26. The van der Waals surface area contributed by atoms with Crippen molar-refractivity contribution in [2.75, 3.05) is 0 Å². The summed E-state index contributed by atoms with van der Waals surface area (Å²) in [5.41, 5.74) is 1.71. The van der Waals surface area contributed by atoms with Crippen molar-refractivity contribution in [1.29, 1.82) is 0 Å². The molecule has 0 bridgehead atoms. The largest absolute Gasteiger partial charge is 0.507 e. The van der Waals surface area contributed by atoms with E-state index in [4.69, 9.17) is 8.83 Å². The minimum atomic E-state index is -0.308. The van der Waals surface area contributed by atoms with Gasteiger partial charge in [-0.2, -0.15) is 0 Å². The van der Waals surface area contributed by atoms with Gasteiger partial charge in [0.2, 0.25) is 5.78 Å². The monoisotopic (exact) mass is 394 g/mol.